The van der Waals surface area contributed by atoms with Gasteiger partial charge >= 0.3 is 6.18 Å². The highest BCUT2D eigenvalue weighted by Gasteiger charge is 2.40. The van der Waals surface area contributed by atoms with E-state index in [1.165, 1.54) is 21.3 Å². The summed E-state index contributed by atoms with van der Waals surface area (Å²) in [5.41, 5.74) is 5.16. The van der Waals surface area contributed by atoms with Crippen molar-refractivity contribution in [3.05, 3.63) is 251 Å². The van der Waals surface area contributed by atoms with Crippen LogP contribution in [-0.4, -0.2) is 9.13 Å². The largest absolute Gasteiger partial charge is 0.420 e. The van der Waals surface area contributed by atoms with Crippen LogP contribution in [0, 0.1) is 47.4 Å². The van der Waals surface area contributed by atoms with Gasteiger partial charge in [-0.2, -0.15) is 23.7 Å². The summed E-state index contributed by atoms with van der Waals surface area (Å²) in [6.07, 6.45) is -5.15. The number of nitriles is 2. The first kappa shape index (κ1) is 46.5. The molecule has 0 aliphatic carbocycles. The number of alkyl halides is 3. The van der Waals surface area contributed by atoms with Crippen molar-refractivity contribution in [2.75, 3.05) is 0 Å². The first-order valence-corrected chi connectivity index (χ1v) is 23.8. The lowest BCUT2D eigenvalue weighted by Crippen LogP contribution is -2.16. The number of nitrogens with zero attached hydrogens (tertiary/aromatic N) is 6. The minimum Gasteiger partial charge on any atom is -0.308 e. The van der Waals surface area contributed by atoms with E-state index >= 15 is 22.0 Å². The van der Waals surface area contributed by atoms with Gasteiger partial charge in [-0.3, -0.25) is 0 Å². The molecular formula is C65H33F5N6. The first-order chi connectivity index (χ1) is 37.0. The second-order valence-corrected chi connectivity index (χ2v) is 18.2. The van der Waals surface area contributed by atoms with E-state index in [9.17, 15) is 10.5 Å². The molecule has 76 heavy (non-hydrogen) atoms. The number of rotatable bonds is 7. The summed E-state index contributed by atoms with van der Waals surface area (Å²) >= 11 is 0. The molecule has 0 radical (unpaired) electrons. The van der Waals surface area contributed by atoms with Gasteiger partial charge in [0.05, 0.1) is 69.9 Å². The molecule has 0 N–H and O–H groups in total. The van der Waals surface area contributed by atoms with Crippen molar-refractivity contribution in [2.24, 2.45) is 0 Å². The molecule has 6 nitrogen and oxygen atoms in total. The number of para-hydroxylation sites is 2. The third kappa shape index (κ3) is 7.67. The summed E-state index contributed by atoms with van der Waals surface area (Å²) in [4.78, 5) is 7.50. The third-order valence-electron chi connectivity index (χ3n) is 14.0. The van der Waals surface area contributed by atoms with Gasteiger partial charge < -0.3 is 9.13 Å². The van der Waals surface area contributed by atoms with Gasteiger partial charge in [0, 0.05) is 27.6 Å². The summed E-state index contributed by atoms with van der Waals surface area (Å²) in [5.74, 6) is -1.89. The standard InChI is InChI=1S/C65H33F5N6/c1-73-56-17-9-7-15-50(56)40-21-25-54-52-23-19-38(48-13-5-3-11-42(48)36-71)29-58(52)75(60(54)31-40)62-33-45(44-27-46(66)35-47(67)28-44)34-63(64(62)65(68,69)70)76-59-30-39(49-14-6-4-12-43(49)37-72)20-24-53(59)55-26-22-41(32-61(55)76)51-16-8-10-18-57(51)74-2/h3-35H. The molecule has 0 saturated carbocycles. The molecule has 2 aromatic heterocycles. The van der Waals surface area contributed by atoms with Crippen LogP contribution in [-0.2, 0) is 6.18 Å². The Hall–Kier alpha value is -10.6. The number of halogens is 5. The van der Waals surface area contributed by atoms with Crippen LogP contribution in [0.5, 0.6) is 0 Å². The van der Waals surface area contributed by atoms with Crippen molar-refractivity contribution in [1.29, 1.82) is 10.5 Å². The van der Waals surface area contributed by atoms with Gasteiger partial charge in [-0.05, 0) is 116 Å². The number of hydrogen-bond acceptors (Lipinski definition) is 2. The Kier molecular flexibility index (Phi) is 11.1. The fourth-order valence-electron chi connectivity index (χ4n) is 10.7. The van der Waals surface area contributed by atoms with Crippen LogP contribution >= 0.6 is 0 Å². The van der Waals surface area contributed by atoms with Crippen molar-refractivity contribution in [2.45, 2.75) is 6.18 Å². The SMILES string of the molecule is [C-]#[N+]c1ccccc1-c1ccc2c3ccc(-c4ccccc4C#N)cc3n(-c3cc(-c4cc(F)cc(F)c4)cc(-n4c5cc(-c6ccccc6C#N)ccc5c5ccc(-c6ccccc6[N+]#[C-])cc54)c3C(F)(F)F)c2c1. The predicted octanol–water partition coefficient (Wildman–Crippen LogP) is 18.4. The molecule has 358 valence electrons. The fraction of sp³-hybridized carbons (Fsp3) is 0.0154. The highest BCUT2D eigenvalue weighted by atomic mass is 19.4. The zero-order valence-corrected chi connectivity index (χ0v) is 39.6. The highest BCUT2D eigenvalue weighted by molar-refractivity contribution is 6.13. The molecule has 10 aromatic carbocycles. The van der Waals surface area contributed by atoms with Crippen molar-refractivity contribution in [3.8, 4) is 79.1 Å². The summed E-state index contributed by atoms with van der Waals surface area (Å²) in [7, 11) is 0. The Labute approximate surface area is 431 Å². The lowest BCUT2D eigenvalue weighted by atomic mass is 9.97. The number of fused-ring (bicyclic) bond motifs is 6. The molecule has 0 spiro atoms. The van der Waals surface area contributed by atoms with Crippen LogP contribution in [0.15, 0.2) is 200 Å². The molecule has 0 fully saturated rings. The molecule has 0 saturated heterocycles. The molecule has 0 amide bonds. The van der Waals surface area contributed by atoms with E-state index in [2.05, 4.69) is 21.8 Å². The van der Waals surface area contributed by atoms with E-state index in [-0.39, 0.29) is 22.5 Å². The van der Waals surface area contributed by atoms with Gasteiger partial charge in [0.2, 0.25) is 0 Å². The van der Waals surface area contributed by atoms with Crippen LogP contribution < -0.4 is 0 Å². The summed E-state index contributed by atoms with van der Waals surface area (Å²) < 4.78 is 85.8. The Morgan fingerprint density at radius 3 is 1.07 bits per heavy atom. The van der Waals surface area contributed by atoms with E-state index in [0.29, 0.717) is 117 Å². The Morgan fingerprint density at radius 1 is 0.382 bits per heavy atom. The summed E-state index contributed by atoms with van der Waals surface area (Å²) in [6, 6.07) is 59.1. The van der Waals surface area contributed by atoms with Gasteiger partial charge in [0.25, 0.3) is 0 Å². The predicted molar refractivity (Wildman–Crippen MR) is 289 cm³/mol. The molecule has 11 heteroatoms. The van der Waals surface area contributed by atoms with Gasteiger partial charge in [0.1, 0.15) is 17.2 Å². The van der Waals surface area contributed by atoms with Crippen molar-refractivity contribution < 1.29 is 22.0 Å². The quantitative estimate of drug-likeness (QED) is 0.118. The maximum Gasteiger partial charge on any atom is 0.420 e. The molecule has 12 rings (SSSR count). The summed E-state index contributed by atoms with van der Waals surface area (Å²) in [6.45, 7) is 16.0. The second-order valence-electron chi connectivity index (χ2n) is 18.2. The van der Waals surface area contributed by atoms with E-state index < -0.39 is 23.4 Å². The fourth-order valence-corrected chi connectivity index (χ4v) is 10.7. The van der Waals surface area contributed by atoms with Crippen LogP contribution in [0.25, 0.3) is 120 Å². The van der Waals surface area contributed by atoms with E-state index in [1.807, 2.05) is 36.4 Å². The number of benzene rings is 10. The van der Waals surface area contributed by atoms with Gasteiger partial charge in [-0.1, -0.05) is 133 Å². The van der Waals surface area contributed by atoms with Crippen LogP contribution in [0.2, 0.25) is 0 Å². The molecule has 0 aliphatic heterocycles. The Morgan fingerprint density at radius 2 is 0.711 bits per heavy atom. The van der Waals surface area contributed by atoms with Crippen molar-refractivity contribution in [1.82, 2.24) is 9.13 Å². The monoisotopic (exact) mass is 992 g/mol. The molecule has 0 unspecified atom stereocenters. The third-order valence-corrected chi connectivity index (χ3v) is 14.0. The maximum atomic E-state index is 17.2. The molecule has 0 atom stereocenters. The summed E-state index contributed by atoms with van der Waals surface area (Å²) in [5, 5.41) is 22.7. The van der Waals surface area contributed by atoms with Crippen molar-refractivity contribution in [3.63, 3.8) is 0 Å². The molecule has 0 bridgehead atoms. The zero-order valence-electron chi connectivity index (χ0n) is 39.6. The van der Waals surface area contributed by atoms with Gasteiger partial charge in [-0.25, -0.2) is 18.5 Å². The van der Waals surface area contributed by atoms with Crippen molar-refractivity contribution >= 4 is 55.0 Å². The lowest BCUT2D eigenvalue weighted by molar-refractivity contribution is -0.137. The lowest BCUT2D eigenvalue weighted by Gasteiger charge is -2.23. The molecule has 2 heterocycles. The van der Waals surface area contributed by atoms with E-state index in [0.717, 1.165) is 12.1 Å². The number of hydrogen-bond donors (Lipinski definition) is 0. The minimum absolute atomic E-state index is 0.0409. The van der Waals surface area contributed by atoms with E-state index in [1.54, 1.807) is 133 Å². The Bertz CT molecular complexity index is 4100. The van der Waals surface area contributed by atoms with Gasteiger partial charge in [-0.15, -0.1) is 0 Å². The van der Waals surface area contributed by atoms with E-state index in [4.69, 9.17) is 13.1 Å². The average Bonchev–Trinajstić information content (AvgIpc) is 4.16. The smallest absolute Gasteiger partial charge is 0.308 e. The zero-order chi connectivity index (χ0) is 52.4. The van der Waals surface area contributed by atoms with Gasteiger partial charge in [0.15, 0.2) is 11.4 Å². The average molecular weight is 993 g/mol. The first-order valence-electron chi connectivity index (χ1n) is 23.8. The maximum absolute atomic E-state index is 17.2. The molecule has 0 aliphatic rings. The van der Waals surface area contributed by atoms with Crippen LogP contribution in [0.4, 0.5) is 33.3 Å². The molecule has 12 aromatic rings. The van der Waals surface area contributed by atoms with Crippen LogP contribution in [0.1, 0.15) is 16.7 Å². The minimum atomic E-state index is -5.15. The van der Waals surface area contributed by atoms with Crippen LogP contribution in [0.3, 0.4) is 0 Å². The second kappa shape index (κ2) is 18.2. The normalized spacial score (nSPS) is 11.4. The Balaban J connectivity index is 1.28. The molecular weight excluding hydrogens is 960 g/mol. The highest BCUT2D eigenvalue weighted by Crippen LogP contribution is 2.48. The number of aromatic nitrogens is 2. The topological polar surface area (TPSA) is 66.2 Å².